The monoisotopic (exact) mass is 385 g/mol. The van der Waals surface area contributed by atoms with Crippen LogP contribution >= 0.6 is 0 Å². The van der Waals surface area contributed by atoms with E-state index in [0.717, 1.165) is 0 Å². The van der Waals surface area contributed by atoms with E-state index in [4.69, 9.17) is 9.47 Å². The van der Waals surface area contributed by atoms with Gasteiger partial charge >= 0.3 is 6.18 Å². The summed E-state index contributed by atoms with van der Waals surface area (Å²) in [6.07, 6.45) is -4.09. The number of amides is 1. The van der Waals surface area contributed by atoms with Gasteiger partial charge in [0.05, 0.1) is 26.7 Å². The molecule has 1 N–H and O–H groups in total. The fourth-order valence-corrected chi connectivity index (χ4v) is 2.90. The van der Waals surface area contributed by atoms with Gasteiger partial charge in [0.15, 0.2) is 5.82 Å². The Morgan fingerprint density at radius 1 is 1.30 bits per heavy atom. The fraction of sp³-hybridized carbons (Fsp3) is 0.500. The van der Waals surface area contributed by atoms with Gasteiger partial charge in [-0.15, -0.1) is 10.2 Å². The first-order valence-electron chi connectivity index (χ1n) is 8.18. The van der Waals surface area contributed by atoms with Crippen molar-refractivity contribution in [2.45, 2.75) is 32.1 Å². The maximum absolute atomic E-state index is 13.0. The number of nitrogens with one attached hydrogen (secondary N) is 1. The number of hydrogen-bond acceptors (Lipinski definition) is 6. The Morgan fingerprint density at radius 3 is 2.74 bits per heavy atom. The summed E-state index contributed by atoms with van der Waals surface area (Å²) >= 11 is 0. The van der Waals surface area contributed by atoms with Crippen LogP contribution in [0.5, 0.6) is 11.8 Å². The number of hydrogen-bond donors (Lipinski definition) is 1. The largest absolute Gasteiger partial charge is 0.481 e. The minimum absolute atomic E-state index is 0.0112. The molecule has 1 atom stereocenters. The number of methoxy groups -OCH3 is 2. The number of rotatable bonds is 5. The molecule has 2 aromatic heterocycles. The number of aromatic nitrogens is 4. The smallest absolute Gasteiger partial charge is 0.393 e. The molecule has 3 rings (SSSR count). The molecular formula is C16H18F3N5O3. The zero-order chi connectivity index (χ0) is 19.6. The van der Waals surface area contributed by atoms with Crippen molar-refractivity contribution in [3.63, 3.8) is 0 Å². The van der Waals surface area contributed by atoms with Crippen LogP contribution in [-0.2, 0) is 19.5 Å². The molecule has 0 fully saturated rings. The van der Waals surface area contributed by atoms with Crippen LogP contribution in [0.1, 0.15) is 28.4 Å². The maximum atomic E-state index is 13.0. The molecule has 0 saturated carbocycles. The second-order valence-corrected chi connectivity index (χ2v) is 6.01. The predicted molar refractivity (Wildman–Crippen MR) is 86.4 cm³/mol. The highest BCUT2D eigenvalue weighted by molar-refractivity contribution is 5.96. The number of fused-ring (bicyclic) bond motifs is 1. The second-order valence-electron chi connectivity index (χ2n) is 6.01. The van der Waals surface area contributed by atoms with Crippen LogP contribution in [0.15, 0.2) is 12.1 Å². The van der Waals surface area contributed by atoms with Crippen molar-refractivity contribution < 1.29 is 27.4 Å². The van der Waals surface area contributed by atoms with E-state index in [1.54, 1.807) is 0 Å². The highest BCUT2D eigenvalue weighted by atomic mass is 19.4. The van der Waals surface area contributed by atoms with Crippen LogP contribution in [0, 0.1) is 5.92 Å². The highest BCUT2D eigenvalue weighted by Gasteiger charge is 2.42. The van der Waals surface area contributed by atoms with Crippen molar-refractivity contribution in [3.8, 4) is 11.8 Å². The molecule has 1 amide bonds. The molecule has 27 heavy (non-hydrogen) atoms. The number of carbonyl (C=O) groups excluding carboxylic acids is 1. The quantitative estimate of drug-likeness (QED) is 0.843. The molecule has 0 saturated heterocycles. The first-order valence-corrected chi connectivity index (χ1v) is 8.18. The van der Waals surface area contributed by atoms with Crippen molar-refractivity contribution in [2.75, 3.05) is 14.2 Å². The van der Waals surface area contributed by atoms with Crippen molar-refractivity contribution in [1.82, 2.24) is 25.1 Å². The van der Waals surface area contributed by atoms with Crippen LogP contribution in [0.4, 0.5) is 13.2 Å². The lowest BCUT2D eigenvalue weighted by molar-refractivity contribution is -0.182. The summed E-state index contributed by atoms with van der Waals surface area (Å²) in [4.78, 5) is 16.4. The Hall–Kier alpha value is -2.85. The van der Waals surface area contributed by atoms with Crippen LogP contribution in [-0.4, -0.2) is 46.1 Å². The molecular weight excluding hydrogens is 367 g/mol. The van der Waals surface area contributed by atoms with Gasteiger partial charge in [-0.2, -0.15) is 18.2 Å². The Balaban J connectivity index is 1.72. The van der Waals surface area contributed by atoms with Gasteiger partial charge in [-0.1, -0.05) is 0 Å². The minimum Gasteiger partial charge on any atom is -0.481 e. The average molecular weight is 385 g/mol. The molecule has 0 radical (unpaired) electrons. The summed E-state index contributed by atoms with van der Waals surface area (Å²) in [7, 11) is 2.80. The Morgan fingerprint density at radius 2 is 2.07 bits per heavy atom. The lowest BCUT2D eigenvalue weighted by atomic mass is 9.99. The summed E-state index contributed by atoms with van der Waals surface area (Å²) in [5.74, 6) is -0.819. The third-order valence-electron chi connectivity index (χ3n) is 4.38. The van der Waals surface area contributed by atoms with E-state index in [-0.39, 0.29) is 49.1 Å². The molecule has 0 spiro atoms. The molecule has 146 valence electrons. The molecule has 1 aliphatic heterocycles. The third kappa shape index (κ3) is 3.96. The van der Waals surface area contributed by atoms with E-state index < -0.39 is 18.0 Å². The summed E-state index contributed by atoms with van der Waals surface area (Å²) in [6.45, 7) is -0.309. The van der Waals surface area contributed by atoms with Gasteiger partial charge in [-0.25, -0.2) is 0 Å². The Kier molecular flexibility index (Phi) is 5.19. The minimum atomic E-state index is -4.27. The van der Waals surface area contributed by atoms with E-state index in [0.29, 0.717) is 5.82 Å². The number of halogens is 3. The Bertz CT molecular complexity index is 837. The summed E-state index contributed by atoms with van der Waals surface area (Å²) in [5, 5.41) is 10.4. The summed E-state index contributed by atoms with van der Waals surface area (Å²) < 4.78 is 50.5. The van der Waals surface area contributed by atoms with Crippen molar-refractivity contribution in [2.24, 2.45) is 5.92 Å². The van der Waals surface area contributed by atoms with E-state index >= 15 is 0 Å². The highest BCUT2D eigenvalue weighted by Crippen LogP contribution is 2.34. The zero-order valence-corrected chi connectivity index (χ0v) is 14.7. The number of aryl methyl sites for hydroxylation is 1. The van der Waals surface area contributed by atoms with Crippen LogP contribution in [0.3, 0.4) is 0 Å². The first kappa shape index (κ1) is 18.9. The van der Waals surface area contributed by atoms with Gasteiger partial charge in [0.1, 0.15) is 11.4 Å². The number of nitrogens with zero attached hydrogens (tertiary/aromatic N) is 4. The Labute approximate surface area is 152 Å². The molecule has 0 bridgehead atoms. The average Bonchev–Trinajstić information content (AvgIpc) is 3.07. The standard InChI is InChI=1S/C16H18F3N5O3/c1-26-13-6-4-10(15(21-13)27-2)14(25)20-7-12-23-22-11-5-3-9(8-24(11)12)16(17,18)19/h4,6,9H,3,5,7-8H2,1-2H3,(H,20,25)/t9-/m1/s1. The maximum Gasteiger partial charge on any atom is 0.393 e. The fourth-order valence-electron chi connectivity index (χ4n) is 2.90. The lowest BCUT2D eigenvalue weighted by Gasteiger charge is -2.26. The van der Waals surface area contributed by atoms with E-state index in [9.17, 15) is 18.0 Å². The molecule has 0 aromatic carbocycles. The summed E-state index contributed by atoms with van der Waals surface area (Å²) in [6, 6.07) is 2.99. The SMILES string of the molecule is COc1ccc(C(=O)NCc2nnc3n2C[C@H](C(F)(F)F)CC3)c(OC)n1. The number of ether oxygens (including phenoxy) is 2. The van der Waals surface area contributed by atoms with Gasteiger partial charge < -0.3 is 19.4 Å². The van der Waals surface area contributed by atoms with Crippen molar-refractivity contribution >= 4 is 5.91 Å². The summed E-state index contributed by atoms with van der Waals surface area (Å²) in [5.41, 5.74) is 0.171. The van der Waals surface area contributed by atoms with E-state index in [1.807, 2.05) is 0 Å². The van der Waals surface area contributed by atoms with Crippen molar-refractivity contribution in [3.05, 3.63) is 29.3 Å². The molecule has 0 unspecified atom stereocenters. The number of carbonyl (C=O) groups is 1. The molecule has 0 aliphatic carbocycles. The molecule has 3 heterocycles. The molecule has 8 nitrogen and oxygen atoms in total. The van der Waals surface area contributed by atoms with Crippen LogP contribution in [0.25, 0.3) is 0 Å². The number of pyridine rings is 1. The van der Waals surface area contributed by atoms with Gasteiger partial charge in [0.2, 0.25) is 11.8 Å². The normalized spacial score (nSPS) is 16.6. The van der Waals surface area contributed by atoms with Crippen molar-refractivity contribution in [1.29, 1.82) is 0 Å². The van der Waals surface area contributed by atoms with Gasteiger partial charge in [-0.05, 0) is 12.5 Å². The molecule has 1 aliphatic rings. The number of alkyl halides is 3. The van der Waals surface area contributed by atoms with Crippen LogP contribution in [0.2, 0.25) is 0 Å². The zero-order valence-electron chi connectivity index (χ0n) is 14.7. The van der Waals surface area contributed by atoms with Crippen LogP contribution < -0.4 is 14.8 Å². The van der Waals surface area contributed by atoms with E-state index in [1.165, 1.54) is 30.9 Å². The second kappa shape index (κ2) is 7.41. The van der Waals surface area contributed by atoms with E-state index in [2.05, 4.69) is 20.5 Å². The van der Waals surface area contributed by atoms with Gasteiger partial charge in [-0.3, -0.25) is 4.79 Å². The lowest BCUT2D eigenvalue weighted by Crippen LogP contribution is -2.34. The molecule has 11 heteroatoms. The molecule has 2 aromatic rings. The first-order chi connectivity index (χ1) is 12.8. The third-order valence-corrected chi connectivity index (χ3v) is 4.38. The predicted octanol–water partition coefficient (Wildman–Crippen LogP) is 1.74. The van der Waals surface area contributed by atoms with Gasteiger partial charge in [0, 0.05) is 19.0 Å². The van der Waals surface area contributed by atoms with Gasteiger partial charge in [0.25, 0.3) is 5.91 Å². The topological polar surface area (TPSA) is 91.2 Å².